The van der Waals surface area contributed by atoms with Crippen LogP contribution in [-0.4, -0.2) is 30.6 Å². The van der Waals surface area contributed by atoms with E-state index < -0.39 is 17.9 Å². The molecule has 7 nitrogen and oxygen atoms in total. The third-order valence-electron chi connectivity index (χ3n) is 3.25. The highest BCUT2D eigenvalue weighted by atomic mass is 35.5. The number of ether oxygens (including phenoxy) is 1. The van der Waals surface area contributed by atoms with Crippen LogP contribution in [0.15, 0.2) is 41.2 Å². The van der Waals surface area contributed by atoms with E-state index in [0.29, 0.717) is 22.0 Å². The number of aliphatic hydroxyl groups excluding tert-OH is 1. The van der Waals surface area contributed by atoms with Crippen molar-refractivity contribution in [2.24, 2.45) is 0 Å². The Morgan fingerprint density at radius 1 is 1.33 bits per heavy atom. The van der Waals surface area contributed by atoms with E-state index in [0.717, 1.165) is 0 Å². The molecule has 8 heteroatoms. The zero-order valence-corrected chi connectivity index (χ0v) is 13.7. The maximum atomic E-state index is 11.9. The van der Waals surface area contributed by atoms with Gasteiger partial charge in [-0.3, -0.25) is 9.59 Å². The highest BCUT2D eigenvalue weighted by molar-refractivity contribution is 6.40. The van der Waals surface area contributed by atoms with Crippen LogP contribution in [0.4, 0.5) is 5.69 Å². The number of benzene rings is 1. The van der Waals surface area contributed by atoms with Crippen LogP contribution in [0.5, 0.6) is 5.75 Å². The maximum absolute atomic E-state index is 11.9. The SMILES string of the molecule is COc1ccc(Cl)cc1NC(=O)C(=O)NCCC(O)c1ccoc1. The number of carbonyl (C=O) groups excluding carboxylic acids is 2. The molecule has 0 bridgehead atoms. The minimum absolute atomic E-state index is 0.130. The van der Waals surface area contributed by atoms with Crippen molar-refractivity contribution in [3.63, 3.8) is 0 Å². The fourth-order valence-corrected chi connectivity index (χ4v) is 2.16. The number of anilines is 1. The molecular formula is C16H17ClN2O5. The van der Waals surface area contributed by atoms with Crippen LogP contribution < -0.4 is 15.4 Å². The minimum atomic E-state index is -0.853. The van der Waals surface area contributed by atoms with Crippen LogP contribution >= 0.6 is 11.6 Å². The molecule has 1 aromatic heterocycles. The van der Waals surface area contributed by atoms with Crippen LogP contribution in [0.1, 0.15) is 18.1 Å². The number of rotatable bonds is 6. The number of aliphatic hydroxyl groups is 1. The highest BCUT2D eigenvalue weighted by Crippen LogP contribution is 2.27. The summed E-state index contributed by atoms with van der Waals surface area (Å²) in [6, 6.07) is 6.29. The molecule has 0 aliphatic carbocycles. The molecule has 0 saturated carbocycles. The maximum Gasteiger partial charge on any atom is 0.313 e. The molecule has 0 saturated heterocycles. The van der Waals surface area contributed by atoms with Crippen molar-refractivity contribution < 1.29 is 23.8 Å². The molecule has 0 spiro atoms. The Morgan fingerprint density at radius 3 is 2.79 bits per heavy atom. The standard InChI is InChI=1S/C16H17ClN2O5/c1-23-14-3-2-11(17)8-12(14)19-16(22)15(21)18-6-4-13(20)10-5-7-24-9-10/h2-3,5,7-9,13,20H,4,6H2,1H3,(H,18,21)(H,19,22). The first-order valence-electron chi connectivity index (χ1n) is 7.14. The Morgan fingerprint density at radius 2 is 2.12 bits per heavy atom. The summed E-state index contributed by atoms with van der Waals surface area (Å²) in [5, 5.41) is 15.1. The van der Waals surface area contributed by atoms with Crippen molar-refractivity contribution in [2.75, 3.05) is 19.0 Å². The topological polar surface area (TPSA) is 101 Å². The third kappa shape index (κ3) is 4.74. The Balaban J connectivity index is 1.84. The summed E-state index contributed by atoms with van der Waals surface area (Å²) >= 11 is 5.86. The molecule has 24 heavy (non-hydrogen) atoms. The second-order valence-corrected chi connectivity index (χ2v) is 5.35. The van der Waals surface area contributed by atoms with Crippen LogP contribution in [0, 0.1) is 0 Å². The van der Waals surface area contributed by atoms with Gasteiger partial charge < -0.3 is 24.9 Å². The monoisotopic (exact) mass is 352 g/mol. The Labute approximate surface area is 143 Å². The van der Waals surface area contributed by atoms with Crippen LogP contribution in [0.2, 0.25) is 5.02 Å². The smallest absolute Gasteiger partial charge is 0.313 e. The van der Waals surface area contributed by atoms with Gasteiger partial charge in [-0.2, -0.15) is 0 Å². The summed E-state index contributed by atoms with van der Waals surface area (Å²) in [5.41, 5.74) is 0.904. The van der Waals surface area contributed by atoms with Crippen molar-refractivity contribution in [3.05, 3.63) is 47.4 Å². The van der Waals surface area contributed by atoms with Gasteiger partial charge in [0.25, 0.3) is 0 Å². The van der Waals surface area contributed by atoms with Crippen LogP contribution in [0.3, 0.4) is 0 Å². The van der Waals surface area contributed by atoms with E-state index in [1.165, 1.54) is 25.7 Å². The third-order valence-corrected chi connectivity index (χ3v) is 3.48. The summed E-state index contributed by atoms with van der Waals surface area (Å²) in [6.07, 6.45) is 2.34. The predicted molar refractivity (Wildman–Crippen MR) is 87.9 cm³/mol. The van der Waals surface area contributed by atoms with Crippen molar-refractivity contribution in [1.29, 1.82) is 0 Å². The molecule has 2 amide bonds. The number of methoxy groups -OCH3 is 1. The van der Waals surface area contributed by atoms with Gasteiger partial charge in [-0.15, -0.1) is 0 Å². The summed E-state index contributed by atoms with van der Waals surface area (Å²) in [5.74, 6) is -1.29. The first-order valence-corrected chi connectivity index (χ1v) is 7.52. The van der Waals surface area contributed by atoms with Gasteiger partial charge in [-0.05, 0) is 30.7 Å². The molecule has 2 rings (SSSR count). The summed E-state index contributed by atoms with van der Waals surface area (Å²) in [6.45, 7) is 0.130. The number of hydrogen-bond acceptors (Lipinski definition) is 5. The van der Waals surface area contributed by atoms with Gasteiger partial charge in [0, 0.05) is 17.1 Å². The summed E-state index contributed by atoms with van der Waals surface area (Å²) in [7, 11) is 1.44. The number of furan rings is 1. The lowest BCUT2D eigenvalue weighted by Crippen LogP contribution is -2.36. The van der Waals surface area contributed by atoms with Crippen molar-refractivity contribution in [2.45, 2.75) is 12.5 Å². The van der Waals surface area contributed by atoms with E-state index in [-0.39, 0.29) is 13.0 Å². The number of carbonyl (C=O) groups is 2. The van der Waals surface area contributed by atoms with Gasteiger partial charge in [-0.1, -0.05) is 11.6 Å². The fraction of sp³-hybridized carbons (Fsp3) is 0.250. The average molecular weight is 353 g/mol. The molecule has 0 radical (unpaired) electrons. The molecular weight excluding hydrogens is 336 g/mol. The second-order valence-electron chi connectivity index (χ2n) is 4.92. The van der Waals surface area contributed by atoms with E-state index in [4.69, 9.17) is 20.8 Å². The summed E-state index contributed by atoms with van der Waals surface area (Å²) in [4.78, 5) is 23.7. The predicted octanol–water partition coefficient (Wildman–Crippen LogP) is 2.12. The van der Waals surface area contributed by atoms with Gasteiger partial charge in [0.15, 0.2) is 0 Å². The van der Waals surface area contributed by atoms with Crippen LogP contribution in [-0.2, 0) is 9.59 Å². The van der Waals surface area contributed by atoms with E-state index in [1.807, 2.05) is 0 Å². The highest BCUT2D eigenvalue weighted by Gasteiger charge is 2.17. The first kappa shape index (κ1) is 17.8. The minimum Gasteiger partial charge on any atom is -0.495 e. The normalized spacial score (nSPS) is 11.6. The van der Waals surface area contributed by atoms with Crippen molar-refractivity contribution >= 4 is 29.1 Å². The van der Waals surface area contributed by atoms with Gasteiger partial charge >= 0.3 is 11.8 Å². The lowest BCUT2D eigenvalue weighted by atomic mass is 10.1. The second kappa shape index (κ2) is 8.37. The molecule has 3 N–H and O–H groups in total. The number of nitrogens with one attached hydrogen (secondary N) is 2. The zero-order chi connectivity index (χ0) is 17.5. The quantitative estimate of drug-likeness (QED) is 0.691. The summed E-state index contributed by atoms with van der Waals surface area (Å²) < 4.78 is 9.95. The Bertz CT molecular complexity index is 702. The molecule has 1 aromatic carbocycles. The number of halogens is 1. The fourth-order valence-electron chi connectivity index (χ4n) is 1.99. The number of hydrogen-bond donors (Lipinski definition) is 3. The van der Waals surface area contributed by atoms with Crippen LogP contribution in [0.25, 0.3) is 0 Å². The van der Waals surface area contributed by atoms with Crippen molar-refractivity contribution in [1.82, 2.24) is 5.32 Å². The lowest BCUT2D eigenvalue weighted by molar-refractivity contribution is -0.136. The molecule has 128 valence electrons. The first-order chi connectivity index (χ1) is 11.5. The van der Waals surface area contributed by atoms with E-state index in [9.17, 15) is 14.7 Å². The largest absolute Gasteiger partial charge is 0.495 e. The Kier molecular flexibility index (Phi) is 6.22. The van der Waals surface area contributed by atoms with E-state index in [1.54, 1.807) is 18.2 Å². The number of amides is 2. The zero-order valence-electron chi connectivity index (χ0n) is 12.9. The molecule has 1 atom stereocenters. The molecule has 0 aliphatic heterocycles. The van der Waals surface area contributed by atoms with Gasteiger partial charge in [-0.25, -0.2) is 0 Å². The molecule has 0 aliphatic rings. The van der Waals surface area contributed by atoms with Gasteiger partial charge in [0.2, 0.25) is 0 Å². The van der Waals surface area contributed by atoms with Gasteiger partial charge in [0.05, 0.1) is 31.4 Å². The van der Waals surface area contributed by atoms with Gasteiger partial charge in [0.1, 0.15) is 5.75 Å². The van der Waals surface area contributed by atoms with E-state index in [2.05, 4.69) is 10.6 Å². The molecule has 0 fully saturated rings. The van der Waals surface area contributed by atoms with Crippen molar-refractivity contribution in [3.8, 4) is 5.75 Å². The molecule has 1 unspecified atom stereocenters. The lowest BCUT2D eigenvalue weighted by Gasteiger charge is -2.11. The molecule has 1 heterocycles. The average Bonchev–Trinajstić information content (AvgIpc) is 3.09. The van der Waals surface area contributed by atoms with E-state index >= 15 is 0 Å². The Hall–Kier alpha value is -2.51. The molecule has 2 aromatic rings.